The summed E-state index contributed by atoms with van der Waals surface area (Å²) in [5, 5.41) is 5.73. The lowest BCUT2D eigenvalue weighted by molar-refractivity contribution is -0.132. The number of benzene rings is 2. The van der Waals surface area contributed by atoms with Crippen LogP contribution in [0.5, 0.6) is 0 Å². The summed E-state index contributed by atoms with van der Waals surface area (Å²) >= 11 is 0. The Kier molecular flexibility index (Phi) is 8.62. The van der Waals surface area contributed by atoms with Gasteiger partial charge in [-0.15, -0.1) is 0 Å². The molecular formula is C29H39N5O2. The summed E-state index contributed by atoms with van der Waals surface area (Å²) in [5.41, 5.74) is 8.34. The molecule has 1 aliphatic heterocycles. The quantitative estimate of drug-likeness (QED) is 0.418. The summed E-state index contributed by atoms with van der Waals surface area (Å²) in [6.45, 7) is 3.59. The zero-order chi connectivity index (χ0) is 25.4. The Balaban J connectivity index is 1.43. The first-order valence-electron chi connectivity index (χ1n) is 13.3. The maximum absolute atomic E-state index is 13.9. The van der Waals surface area contributed by atoms with Crippen molar-refractivity contribution in [3.63, 3.8) is 0 Å². The van der Waals surface area contributed by atoms with Crippen LogP contribution in [0.4, 0.5) is 4.79 Å². The Bertz CT molecular complexity index is 1050. The predicted molar refractivity (Wildman–Crippen MR) is 143 cm³/mol. The number of rotatable bonds is 10. The molecule has 1 aliphatic carbocycles. The molecule has 7 nitrogen and oxygen atoms in total. The molecule has 0 saturated heterocycles. The van der Waals surface area contributed by atoms with Crippen molar-refractivity contribution in [3.8, 4) is 0 Å². The molecule has 7 heteroatoms. The van der Waals surface area contributed by atoms with Gasteiger partial charge in [-0.2, -0.15) is 0 Å². The van der Waals surface area contributed by atoms with Crippen molar-refractivity contribution in [3.05, 3.63) is 71.3 Å². The summed E-state index contributed by atoms with van der Waals surface area (Å²) in [7, 11) is 0. The van der Waals surface area contributed by atoms with Crippen molar-refractivity contribution in [1.29, 1.82) is 0 Å². The van der Waals surface area contributed by atoms with E-state index in [-0.39, 0.29) is 17.9 Å². The predicted octanol–water partition coefficient (Wildman–Crippen LogP) is 4.81. The van der Waals surface area contributed by atoms with Crippen LogP contribution in [-0.4, -0.2) is 29.3 Å². The first kappa shape index (κ1) is 25.7. The maximum atomic E-state index is 13.9. The van der Waals surface area contributed by atoms with Gasteiger partial charge in [0.15, 0.2) is 11.5 Å². The van der Waals surface area contributed by atoms with Crippen LogP contribution in [0.2, 0.25) is 0 Å². The highest BCUT2D eigenvalue weighted by atomic mass is 16.2. The average Bonchev–Trinajstić information content (AvgIpc) is 3.14. The minimum Gasteiger partial charge on any atom is -0.369 e. The monoisotopic (exact) mass is 489 g/mol. The van der Waals surface area contributed by atoms with Gasteiger partial charge in [0.1, 0.15) is 0 Å². The number of carbonyl (C=O) groups is 2. The van der Waals surface area contributed by atoms with Crippen molar-refractivity contribution >= 4 is 17.9 Å². The molecule has 1 saturated carbocycles. The first-order chi connectivity index (χ1) is 17.5. The van der Waals surface area contributed by atoms with E-state index in [0.717, 1.165) is 42.4 Å². The summed E-state index contributed by atoms with van der Waals surface area (Å²) in [6.07, 6.45) is 8.71. The first-order valence-corrected chi connectivity index (χ1v) is 13.3. The van der Waals surface area contributed by atoms with E-state index in [4.69, 9.17) is 10.7 Å². The van der Waals surface area contributed by atoms with Crippen LogP contribution in [0, 0.1) is 5.92 Å². The summed E-state index contributed by atoms with van der Waals surface area (Å²) in [5.74, 6) is 0.728. The minimum atomic E-state index is -0.942. The molecule has 2 aromatic carbocycles. The van der Waals surface area contributed by atoms with E-state index in [9.17, 15) is 9.59 Å². The van der Waals surface area contributed by atoms with Crippen LogP contribution in [0.1, 0.15) is 75.0 Å². The number of amides is 3. The number of nitrogens with two attached hydrogens (primary N) is 1. The van der Waals surface area contributed by atoms with Gasteiger partial charge in [0.05, 0.1) is 6.54 Å². The number of hydrogen-bond acceptors (Lipinski definition) is 4. The highest BCUT2D eigenvalue weighted by molar-refractivity contribution is 6.07. The highest BCUT2D eigenvalue weighted by Crippen LogP contribution is 2.42. The van der Waals surface area contributed by atoms with Crippen molar-refractivity contribution in [2.24, 2.45) is 16.6 Å². The van der Waals surface area contributed by atoms with E-state index in [0.29, 0.717) is 32.0 Å². The number of unbranched alkanes of at least 4 members (excludes halogenated alkanes) is 1. The van der Waals surface area contributed by atoms with Gasteiger partial charge >= 0.3 is 6.03 Å². The third kappa shape index (κ3) is 6.07. The van der Waals surface area contributed by atoms with Crippen LogP contribution in [0.15, 0.2) is 59.6 Å². The number of aliphatic imine (C=N–C) groups is 1. The molecule has 0 spiro atoms. The molecule has 1 fully saturated rings. The third-order valence-corrected chi connectivity index (χ3v) is 7.37. The van der Waals surface area contributed by atoms with Crippen LogP contribution in [0.25, 0.3) is 0 Å². The van der Waals surface area contributed by atoms with E-state index in [1.54, 1.807) is 4.90 Å². The van der Waals surface area contributed by atoms with Gasteiger partial charge in [-0.05, 0) is 35.4 Å². The van der Waals surface area contributed by atoms with Gasteiger partial charge in [0, 0.05) is 13.1 Å². The molecule has 192 valence electrons. The fourth-order valence-corrected chi connectivity index (χ4v) is 5.31. The summed E-state index contributed by atoms with van der Waals surface area (Å²) < 4.78 is 0. The second kappa shape index (κ2) is 12.1. The van der Waals surface area contributed by atoms with Gasteiger partial charge < -0.3 is 16.4 Å². The van der Waals surface area contributed by atoms with E-state index in [2.05, 4.69) is 17.6 Å². The second-order valence-electron chi connectivity index (χ2n) is 10.1. The van der Waals surface area contributed by atoms with Crippen LogP contribution in [-0.2, 0) is 23.4 Å². The molecule has 1 heterocycles. The molecule has 1 atom stereocenters. The molecule has 2 aromatic rings. The van der Waals surface area contributed by atoms with Crippen LogP contribution < -0.4 is 16.4 Å². The molecule has 0 radical (unpaired) electrons. The Labute approximate surface area is 214 Å². The number of urea groups is 1. The van der Waals surface area contributed by atoms with E-state index < -0.39 is 5.54 Å². The van der Waals surface area contributed by atoms with Crippen LogP contribution in [0.3, 0.4) is 0 Å². The molecule has 4 N–H and O–H groups in total. The minimum absolute atomic E-state index is 0.0359. The maximum Gasteiger partial charge on any atom is 0.315 e. The zero-order valence-electron chi connectivity index (χ0n) is 21.3. The molecule has 0 aromatic heterocycles. The Morgan fingerprint density at radius 2 is 1.72 bits per heavy atom. The summed E-state index contributed by atoms with van der Waals surface area (Å²) in [6, 6.07) is 17.7. The normalized spacial score (nSPS) is 20.3. The topological polar surface area (TPSA) is 99.8 Å². The lowest BCUT2D eigenvalue weighted by atomic mass is 9.76. The molecule has 2 aliphatic rings. The van der Waals surface area contributed by atoms with E-state index >= 15 is 0 Å². The number of nitrogens with zero attached hydrogens (tertiary/aromatic N) is 2. The van der Waals surface area contributed by atoms with E-state index in [1.165, 1.54) is 19.3 Å². The fraction of sp³-hybridized carbons (Fsp3) is 0.483. The zero-order valence-corrected chi connectivity index (χ0v) is 21.3. The second-order valence-corrected chi connectivity index (χ2v) is 10.1. The smallest absolute Gasteiger partial charge is 0.315 e. The van der Waals surface area contributed by atoms with Gasteiger partial charge in [-0.1, -0.05) is 100 Å². The van der Waals surface area contributed by atoms with Gasteiger partial charge in [-0.3, -0.25) is 9.69 Å². The van der Waals surface area contributed by atoms with Gasteiger partial charge in [-0.25, -0.2) is 9.79 Å². The summed E-state index contributed by atoms with van der Waals surface area (Å²) in [4.78, 5) is 32.3. The van der Waals surface area contributed by atoms with Gasteiger partial charge in [0.2, 0.25) is 0 Å². The largest absolute Gasteiger partial charge is 0.369 e. The molecule has 1 unspecified atom stereocenters. The number of nitrogens with one attached hydrogen (secondary N) is 2. The molecule has 3 amide bonds. The molecule has 4 rings (SSSR count). The van der Waals surface area contributed by atoms with Crippen molar-refractivity contribution < 1.29 is 9.59 Å². The van der Waals surface area contributed by atoms with Crippen molar-refractivity contribution in [2.75, 3.05) is 6.54 Å². The Hall–Kier alpha value is -3.35. The van der Waals surface area contributed by atoms with Crippen molar-refractivity contribution in [2.45, 2.75) is 76.9 Å². The van der Waals surface area contributed by atoms with Gasteiger partial charge in [0.25, 0.3) is 5.91 Å². The standard InChI is InChI=1S/C29H39N5O2/c1-2-3-18-31-28(36)32-20-23-14-16-24(17-15-23)21-34-26(35)29(33-27(34)30,25-12-8-5-9-13-25)19-22-10-6-4-7-11-22/h5,8-9,12-17,22H,2-4,6-7,10-11,18-21H2,1H3,(H2,30,33)(H2,31,32,36). The lowest BCUT2D eigenvalue weighted by Gasteiger charge is -2.32. The Morgan fingerprint density at radius 3 is 2.42 bits per heavy atom. The number of carbonyl (C=O) groups excluding carboxylic acids is 2. The Morgan fingerprint density at radius 1 is 1.03 bits per heavy atom. The van der Waals surface area contributed by atoms with Crippen LogP contribution >= 0.6 is 0 Å². The number of hydrogen-bond donors (Lipinski definition) is 3. The molecule has 0 bridgehead atoms. The SMILES string of the molecule is CCCCNC(=O)NCc1ccc(CN2C(=O)C(CC3CCCCC3)(c3ccccc3)N=C2N)cc1. The van der Waals surface area contributed by atoms with Crippen molar-refractivity contribution in [1.82, 2.24) is 15.5 Å². The average molecular weight is 490 g/mol. The molecular weight excluding hydrogens is 450 g/mol. The fourth-order valence-electron chi connectivity index (χ4n) is 5.31. The van der Waals surface area contributed by atoms with E-state index in [1.807, 2.05) is 54.6 Å². The highest BCUT2D eigenvalue weighted by Gasteiger charge is 2.50. The molecule has 36 heavy (non-hydrogen) atoms. The number of guanidine groups is 1. The third-order valence-electron chi connectivity index (χ3n) is 7.37. The lowest BCUT2D eigenvalue weighted by Crippen LogP contribution is -2.43.